The molecule has 0 radical (unpaired) electrons. The highest BCUT2D eigenvalue weighted by Crippen LogP contribution is 2.33. The lowest BCUT2D eigenvalue weighted by Crippen LogP contribution is -2.29. The summed E-state index contributed by atoms with van der Waals surface area (Å²) in [6.07, 6.45) is -2.14. The highest BCUT2D eigenvalue weighted by Gasteiger charge is 2.30. The Morgan fingerprint density at radius 3 is 2.25 bits per heavy atom. The summed E-state index contributed by atoms with van der Waals surface area (Å²) in [6, 6.07) is 20.6. The van der Waals surface area contributed by atoms with Crippen molar-refractivity contribution in [2.24, 2.45) is 0 Å². The molecule has 2 heterocycles. The number of anilines is 1. The first-order chi connectivity index (χ1) is 21.0. The largest absolute Gasteiger partial charge is 0.416 e. The Morgan fingerprint density at radius 2 is 1.61 bits per heavy atom. The van der Waals surface area contributed by atoms with Crippen molar-refractivity contribution >= 4 is 33.0 Å². The zero-order valence-electron chi connectivity index (χ0n) is 22.8. The maximum absolute atomic E-state index is 13.0. The second-order valence-corrected chi connectivity index (χ2v) is 12.3. The van der Waals surface area contributed by atoms with Gasteiger partial charge in [-0.25, -0.2) is 13.4 Å². The van der Waals surface area contributed by atoms with Crippen molar-refractivity contribution in [2.75, 3.05) is 11.3 Å². The van der Waals surface area contributed by atoms with Crippen molar-refractivity contribution in [3.8, 4) is 21.8 Å². The molecule has 0 spiro atoms. The standard InChI is InChI=1S/C31H25F3N4O4S2/c32-31(33,34)24-9-5-21(6-10-24)27-19-43-30(37-27)22-7-13-26(14-8-22)44(41,42)38-25-11-3-20(4-12-25)16-29(40)36-18-28(39)23-2-1-15-35-17-23/h1-15,17,19,28,38-39H,16,18H2,(H,36,40)/t28-/m0/s1. The summed E-state index contributed by atoms with van der Waals surface area (Å²) < 4.78 is 67.0. The summed E-state index contributed by atoms with van der Waals surface area (Å²) in [7, 11) is -3.92. The first-order valence-corrected chi connectivity index (χ1v) is 15.5. The topological polar surface area (TPSA) is 121 Å². The van der Waals surface area contributed by atoms with E-state index >= 15 is 0 Å². The molecule has 2 aromatic heterocycles. The maximum Gasteiger partial charge on any atom is 0.416 e. The van der Waals surface area contributed by atoms with Crippen LogP contribution in [0.4, 0.5) is 18.9 Å². The van der Waals surface area contributed by atoms with Gasteiger partial charge in [0.25, 0.3) is 10.0 Å². The fraction of sp³-hybridized carbons (Fsp3) is 0.129. The number of nitrogens with one attached hydrogen (secondary N) is 2. The summed E-state index contributed by atoms with van der Waals surface area (Å²) in [5, 5.41) is 15.1. The van der Waals surface area contributed by atoms with E-state index in [1.165, 1.54) is 41.8 Å². The molecule has 8 nitrogen and oxygen atoms in total. The molecule has 3 aromatic carbocycles. The lowest BCUT2D eigenvalue weighted by atomic mass is 10.1. The van der Waals surface area contributed by atoms with Crippen LogP contribution in [0.3, 0.4) is 0 Å². The van der Waals surface area contributed by atoms with Gasteiger partial charge in [0.15, 0.2) is 0 Å². The van der Waals surface area contributed by atoms with Gasteiger partial charge in [0, 0.05) is 46.7 Å². The summed E-state index contributed by atoms with van der Waals surface area (Å²) >= 11 is 1.29. The number of hydrogen-bond acceptors (Lipinski definition) is 7. The molecule has 0 bridgehead atoms. The molecule has 1 atom stereocenters. The van der Waals surface area contributed by atoms with Crippen molar-refractivity contribution in [3.05, 3.63) is 119 Å². The first-order valence-electron chi connectivity index (χ1n) is 13.2. The maximum atomic E-state index is 13.0. The number of carbonyl (C=O) groups excluding carboxylic acids is 1. The second kappa shape index (κ2) is 13.0. The number of aliphatic hydroxyl groups is 1. The van der Waals surface area contributed by atoms with Gasteiger partial charge in [-0.2, -0.15) is 13.2 Å². The molecule has 1 amide bonds. The van der Waals surface area contributed by atoms with Crippen LogP contribution >= 0.6 is 11.3 Å². The van der Waals surface area contributed by atoms with Crippen LogP contribution in [-0.2, 0) is 27.4 Å². The Morgan fingerprint density at radius 1 is 0.932 bits per heavy atom. The van der Waals surface area contributed by atoms with E-state index < -0.39 is 27.9 Å². The quantitative estimate of drug-likeness (QED) is 0.170. The SMILES string of the molecule is O=C(Cc1ccc(NS(=O)(=O)c2ccc(-c3nc(-c4ccc(C(F)(F)F)cc4)cs3)cc2)cc1)NC[C@H](O)c1cccnc1. The van der Waals surface area contributed by atoms with Crippen molar-refractivity contribution in [1.29, 1.82) is 0 Å². The third kappa shape index (κ3) is 7.67. The highest BCUT2D eigenvalue weighted by atomic mass is 32.2. The van der Waals surface area contributed by atoms with Gasteiger partial charge >= 0.3 is 6.18 Å². The molecular weight excluding hydrogens is 613 g/mol. The number of amides is 1. The number of aliphatic hydroxyl groups excluding tert-OH is 1. The van der Waals surface area contributed by atoms with Crippen molar-refractivity contribution in [2.45, 2.75) is 23.6 Å². The first kappa shape index (κ1) is 30.9. The zero-order valence-corrected chi connectivity index (χ0v) is 24.5. The number of pyridine rings is 1. The molecular formula is C31H25F3N4O4S2. The third-order valence-electron chi connectivity index (χ3n) is 6.56. The lowest BCUT2D eigenvalue weighted by molar-refractivity contribution is -0.137. The van der Waals surface area contributed by atoms with Crippen LogP contribution in [0.5, 0.6) is 0 Å². The smallest absolute Gasteiger partial charge is 0.387 e. The fourth-order valence-electron chi connectivity index (χ4n) is 4.20. The minimum Gasteiger partial charge on any atom is -0.387 e. The van der Waals surface area contributed by atoms with E-state index in [-0.39, 0.29) is 23.8 Å². The normalized spacial score (nSPS) is 12.5. The van der Waals surface area contributed by atoms with Gasteiger partial charge in [-0.05, 0) is 48.0 Å². The molecule has 0 saturated carbocycles. The number of aromatic nitrogens is 2. The van der Waals surface area contributed by atoms with E-state index in [0.717, 1.165) is 12.1 Å². The Kier molecular flexibility index (Phi) is 9.09. The van der Waals surface area contributed by atoms with E-state index in [4.69, 9.17) is 0 Å². The Bertz CT molecular complexity index is 1830. The van der Waals surface area contributed by atoms with Gasteiger partial charge in [-0.3, -0.25) is 14.5 Å². The van der Waals surface area contributed by atoms with Gasteiger partial charge in [0.05, 0.1) is 28.7 Å². The highest BCUT2D eigenvalue weighted by molar-refractivity contribution is 7.92. The summed E-state index contributed by atoms with van der Waals surface area (Å²) in [5.74, 6) is -0.298. The number of alkyl halides is 3. The van der Waals surface area contributed by atoms with Gasteiger partial charge in [0.1, 0.15) is 5.01 Å². The van der Waals surface area contributed by atoms with Crippen LogP contribution in [-0.4, -0.2) is 35.9 Å². The second-order valence-electron chi connectivity index (χ2n) is 9.72. The Hall–Kier alpha value is -4.59. The molecule has 0 aliphatic carbocycles. The molecule has 5 rings (SSSR count). The van der Waals surface area contributed by atoms with E-state index in [1.54, 1.807) is 60.1 Å². The molecule has 44 heavy (non-hydrogen) atoms. The number of thiazole rings is 1. The average molecular weight is 639 g/mol. The van der Waals surface area contributed by atoms with E-state index in [0.29, 0.717) is 38.6 Å². The predicted molar refractivity (Wildman–Crippen MR) is 161 cm³/mol. The molecule has 0 saturated heterocycles. The Labute approximate surface area is 255 Å². The zero-order chi connectivity index (χ0) is 31.3. The van der Waals surface area contributed by atoms with E-state index in [2.05, 4.69) is 20.0 Å². The number of sulfonamides is 1. The summed E-state index contributed by atoms with van der Waals surface area (Å²) in [4.78, 5) is 20.8. The number of benzene rings is 3. The minimum atomic E-state index is -4.42. The van der Waals surface area contributed by atoms with E-state index in [9.17, 15) is 31.5 Å². The lowest BCUT2D eigenvalue weighted by Gasteiger charge is -2.12. The predicted octanol–water partition coefficient (Wildman–Crippen LogP) is 6.08. The molecule has 0 fully saturated rings. The molecule has 226 valence electrons. The number of hydrogen-bond donors (Lipinski definition) is 3. The molecule has 0 aliphatic heterocycles. The van der Waals surface area contributed by atoms with Crippen LogP contribution in [0.15, 0.2) is 108 Å². The van der Waals surface area contributed by atoms with Gasteiger partial charge in [0.2, 0.25) is 5.91 Å². The molecule has 5 aromatic rings. The molecule has 0 aliphatic rings. The Balaban J connectivity index is 1.17. The molecule has 13 heteroatoms. The monoisotopic (exact) mass is 638 g/mol. The third-order valence-corrected chi connectivity index (χ3v) is 8.84. The summed E-state index contributed by atoms with van der Waals surface area (Å²) in [6.45, 7) is 0.0318. The van der Waals surface area contributed by atoms with Crippen molar-refractivity contribution < 1.29 is 31.5 Å². The van der Waals surface area contributed by atoms with Crippen LogP contribution in [0, 0.1) is 0 Å². The van der Waals surface area contributed by atoms with Crippen LogP contribution in [0.25, 0.3) is 21.8 Å². The van der Waals surface area contributed by atoms with Crippen LogP contribution in [0.2, 0.25) is 0 Å². The molecule has 0 unspecified atom stereocenters. The van der Waals surface area contributed by atoms with Crippen molar-refractivity contribution in [3.63, 3.8) is 0 Å². The van der Waals surface area contributed by atoms with Crippen molar-refractivity contribution in [1.82, 2.24) is 15.3 Å². The van der Waals surface area contributed by atoms with Crippen LogP contribution < -0.4 is 10.0 Å². The number of nitrogens with zero attached hydrogens (tertiary/aromatic N) is 2. The molecule has 3 N–H and O–H groups in total. The fourth-order valence-corrected chi connectivity index (χ4v) is 6.09. The van der Waals surface area contributed by atoms with E-state index in [1.807, 2.05) is 0 Å². The van der Waals surface area contributed by atoms with Crippen LogP contribution in [0.1, 0.15) is 22.8 Å². The summed E-state index contributed by atoms with van der Waals surface area (Å²) in [5.41, 5.74) is 2.53. The number of carbonyl (C=O) groups is 1. The van der Waals surface area contributed by atoms with Gasteiger partial charge in [-0.1, -0.05) is 42.5 Å². The number of rotatable bonds is 10. The minimum absolute atomic E-state index is 0.0244. The number of halogens is 3. The van der Waals surface area contributed by atoms with Gasteiger partial charge < -0.3 is 10.4 Å². The average Bonchev–Trinajstić information content (AvgIpc) is 3.51. The van der Waals surface area contributed by atoms with Gasteiger partial charge in [-0.15, -0.1) is 11.3 Å².